The molecule has 1 aliphatic rings. The standard InChI is InChI=1S/C14H21N5O2S/c1-9-16-12-13(19(9)8-18(2)22(3,20)21)10-6-4-5-7-11(10)17-14(12)15/h4-8H2,1-3H3,(H2,15,17). The van der Waals surface area contributed by atoms with Gasteiger partial charge in [-0.25, -0.2) is 18.4 Å². The molecule has 0 spiro atoms. The van der Waals surface area contributed by atoms with Gasteiger partial charge in [0, 0.05) is 12.7 Å². The number of anilines is 1. The van der Waals surface area contributed by atoms with E-state index in [2.05, 4.69) is 9.97 Å². The van der Waals surface area contributed by atoms with Gasteiger partial charge in [0.25, 0.3) is 0 Å². The van der Waals surface area contributed by atoms with Crippen molar-refractivity contribution < 1.29 is 8.42 Å². The number of rotatable bonds is 3. The number of fused-ring (bicyclic) bond motifs is 3. The maximum atomic E-state index is 11.7. The smallest absolute Gasteiger partial charge is 0.212 e. The number of hydrogen-bond donors (Lipinski definition) is 1. The first kappa shape index (κ1) is 15.2. The lowest BCUT2D eigenvalue weighted by atomic mass is 9.95. The fourth-order valence-corrected chi connectivity index (χ4v) is 3.32. The van der Waals surface area contributed by atoms with Crippen molar-refractivity contribution in [1.82, 2.24) is 18.8 Å². The Balaban J connectivity index is 2.22. The van der Waals surface area contributed by atoms with E-state index >= 15 is 0 Å². The summed E-state index contributed by atoms with van der Waals surface area (Å²) in [6.45, 7) is 2.10. The minimum atomic E-state index is -3.26. The van der Waals surface area contributed by atoms with E-state index in [0.29, 0.717) is 11.3 Å². The monoisotopic (exact) mass is 323 g/mol. The molecule has 0 saturated carbocycles. The lowest BCUT2D eigenvalue weighted by molar-refractivity contribution is 0.403. The van der Waals surface area contributed by atoms with E-state index in [1.807, 2.05) is 11.5 Å². The molecule has 0 aromatic carbocycles. The molecule has 22 heavy (non-hydrogen) atoms. The van der Waals surface area contributed by atoms with Gasteiger partial charge in [0.1, 0.15) is 11.3 Å². The fraction of sp³-hybridized carbons (Fsp3) is 0.571. The van der Waals surface area contributed by atoms with Crippen LogP contribution < -0.4 is 5.73 Å². The number of pyridine rings is 1. The van der Waals surface area contributed by atoms with Crippen molar-refractivity contribution >= 4 is 26.9 Å². The summed E-state index contributed by atoms with van der Waals surface area (Å²) in [6.07, 6.45) is 5.28. The van der Waals surface area contributed by atoms with E-state index < -0.39 is 10.0 Å². The van der Waals surface area contributed by atoms with Crippen LogP contribution in [0.2, 0.25) is 0 Å². The first-order valence-electron chi connectivity index (χ1n) is 7.34. The largest absolute Gasteiger partial charge is 0.382 e. The zero-order chi connectivity index (χ0) is 16.1. The number of hydrogen-bond acceptors (Lipinski definition) is 5. The predicted molar refractivity (Wildman–Crippen MR) is 85.9 cm³/mol. The molecule has 2 heterocycles. The van der Waals surface area contributed by atoms with E-state index in [1.54, 1.807) is 7.05 Å². The number of nitrogen functional groups attached to an aromatic ring is 1. The van der Waals surface area contributed by atoms with Crippen molar-refractivity contribution in [2.45, 2.75) is 39.3 Å². The molecule has 7 nitrogen and oxygen atoms in total. The van der Waals surface area contributed by atoms with Gasteiger partial charge in [0.15, 0.2) is 5.82 Å². The second-order valence-electron chi connectivity index (χ2n) is 5.92. The molecule has 1 aliphatic carbocycles. The Hall–Kier alpha value is -1.67. The third kappa shape index (κ3) is 2.46. The highest BCUT2D eigenvalue weighted by atomic mass is 32.2. The van der Waals surface area contributed by atoms with Crippen LogP contribution in [-0.2, 0) is 29.5 Å². The summed E-state index contributed by atoms with van der Waals surface area (Å²) in [5, 5.41) is 0. The number of aryl methyl sites for hydroxylation is 3. The van der Waals surface area contributed by atoms with E-state index in [0.717, 1.165) is 48.3 Å². The van der Waals surface area contributed by atoms with Crippen molar-refractivity contribution in [3.8, 4) is 0 Å². The van der Waals surface area contributed by atoms with Crippen LogP contribution in [0.4, 0.5) is 5.82 Å². The molecule has 0 unspecified atom stereocenters. The molecule has 0 saturated heterocycles. The van der Waals surface area contributed by atoms with Crippen molar-refractivity contribution in [2.75, 3.05) is 19.0 Å². The summed E-state index contributed by atoms with van der Waals surface area (Å²) in [5.74, 6) is 1.18. The Morgan fingerprint density at radius 1 is 1.27 bits per heavy atom. The lowest BCUT2D eigenvalue weighted by Gasteiger charge is -2.20. The summed E-state index contributed by atoms with van der Waals surface area (Å²) in [7, 11) is -1.69. The number of nitrogens with two attached hydrogens (primary N) is 1. The van der Waals surface area contributed by atoms with Crippen LogP contribution in [0.1, 0.15) is 29.9 Å². The summed E-state index contributed by atoms with van der Waals surface area (Å²) in [4.78, 5) is 9.00. The van der Waals surface area contributed by atoms with E-state index in [1.165, 1.54) is 10.6 Å². The number of imidazole rings is 1. The van der Waals surface area contributed by atoms with Gasteiger partial charge in [-0.1, -0.05) is 0 Å². The minimum absolute atomic E-state index is 0.233. The Labute approximate surface area is 130 Å². The summed E-state index contributed by atoms with van der Waals surface area (Å²) in [5.41, 5.74) is 9.87. The van der Waals surface area contributed by atoms with Crippen molar-refractivity contribution in [1.29, 1.82) is 0 Å². The van der Waals surface area contributed by atoms with Crippen LogP contribution in [0.15, 0.2) is 0 Å². The number of aromatic nitrogens is 3. The van der Waals surface area contributed by atoms with Gasteiger partial charge in [-0.05, 0) is 38.2 Å². The molecular weight excluding hydrogens is 302 g/mol. The van der Waals surface area contributed by atoms with Gasteiger partial charge < -0.3 is 10.3 Å². The molecule has 0 radical (unpaired) electrons. The van der Waals surface area contributed by atoms with E-state index in [4.69, 9.17) is 5.73 Å². The Kier molecular flexibility index (Phi) is 3.60. The number of nitrogens with zero attached hydrogens (tertiary/aromatic N) is 4. The average Bonchev–Trinajstić information content (AvgIpc) is 2.76. The maximum absolute atomic E-state index is 11.7. The van der Waals surface area contributed by atoms with Crippen molar-refractivity contribution in [3.63, 3.8) is 0 Å². The van der Waals surface area contributed by atoms with Gasteiger partial charge >= 0.3 is 0 Å². The Morgan fingerprint density at radius 2 is 1.95 bits per heavy atom. The molecule has 2 aromatic rings. The molecule has 0 amide bonds. The zero-order valence-electron chi connectivity index (χ0n) is 13.1. The van der Waals surface area contributed by atoms with Crippen LogP contribution in [0, 0.1) is 6.92 Å². The van der Waals surface area contributed by atoms with Crippen LogP contribution in [0.3, 0.4) is 0 Å². The number of sulfonamides is 1. The summed E-state index contributed by atoms with van der Waals surface area (Å²) in [6, 6.07) is 0. The third-order valence-electron chi connectivity index (χ3n) is 4.29. The predicted octanol–water partition coefficient (Wildman–Crippen LogP) is 1.05. The zero-order valence-corrected chi connectivity index (χ0v) is 13.9. The Morgan fingerprint density at radius 3 is 2.64 bits per heavy atom. The van der Waals surface area contributed by atoms with E-state index in [-0.39, 0.29) is 6.67 Å². The first-order valence-corrected chi connectivity index (χ1v) is 9.19. The normalized spacial score (nSPS) is 15.5. The molecule has 0 bridgehead atoms. The van der Waals surface area contributed by atoms with Crippen LogP contribution in [0.25, 0.3) is 11.0 Å². The van der Waals surface area contributed by atoms with Crippen LogP contribution in [-0.4, -0.2) is 40.6 Å². The van der Waals surface area contributed by atoms with E-state index in [9.17, 15) is 8.42 Å². The quantitative estimate of drug-likeness (QED) is 0.911. The van der Waals surface area contributed by atoms with Gasteiger partial charge in [0.2, 0.25) is 10.0 Å². The Bertz CT molecular complexity index is 841. The second kappa shape index (κ2) is 5.20. The van der Waals surface area contributed by atoms with Crippen LogP contribution in [0.5, 0.6) is 0 Å². The minimum Gasteiger partial charge on any atom is -0.382 e. The topological polar surface area (TPSA) is 94.1 Å². The molecule has 2 N–H and O–H groups in total. The van der Waals surface area contributed by atoms with Crippen molar-refractivity contribution in [3.05, 3.63) is 17.1 Å². The van der Waals surface area contributed by atoms with Gasteiger partial charge in [-0.2, -0.15) is 4.31 Å². The molecule has 0 fully saturated rings. The summed E-state index contributed by atoms with van der Waals surface area (Å²) >= 11 is 0. The highest BCUT2D eigenvalue weighted by Crippen LogP contribution is 2.31. The molecular formula is C14H21N5O2S. The lowest BCUT2D eigenvalue weighted by Crippen LogP contribution is -2.28. The highest BCUT2D eigenvalue weighted by Gasteiger charge is 2.23. The molecule has 2 aromatic heterocycles. The SMILES string of the molecule is Cc1nc2c(N)nc3c(c2n1CN(C)S(C)(=O)=O)CCCC3. The highest BCUT2D eigenvalue weighted by molar-refractivity contribution is 7.88. The third-order valence-corrected chi connectivity index (χ3v) is 5.54. The van der Waals surface area contributed by atoms with Gasteiger partial charge in [-0.3, -0.25) is 0 Å². The van der Waals surface area contributed by atoms with Gasteiger partial charge in [0.05, 0.1) is 18.4 Å². The second-order valence-corrected chi connectivity index (χ2v) is 8.01. The summed E-state index contributed by atoms with van der Waals surface area (Å²) < 4.78 is 26.7. The average molecular weight is 323 g/mol. The van der Waals surface area contributed by atoms with Crippen molar-refractivity contribution in [2.24, 2.45) is 0 Å². The maximum Gasteiger partial charge on any atom is 0.212 e. The van der Waals surface area contributed by atoms with Gasteiger partial charge in [-0.15, -0.1) is 0 Å². The molecule has 0 atom stereocenters. The first-order chi connectivity index (χ1) is 10.3. The molecule has 0 aliphatic heterocycles. The van der Waals surface area contributed by atoms with Crippen LogP contribution >= 0.6 is 0 Å². The molecule has 8 heteroatoms. The molecule has 120 valence electrons. The fourth-order valence-electron chi connectivity index (χ4n) is 2.99. The molecule has 3 rings (SSSR count).